The summed E-state index contributed by atoms with van der Waals surface area (Å²) < 4.78 is 71.9. The van der Waals surface area contributed by atoms with Crippen LogP contribution in [0.2, 0.25) is 0 Å². The van der Waals surface area contributed by atoms with Crippen LogP contribution in [0, 0.1) is 29.1 Å². The molecule has 0 atom stereocenters. The molecule has 0 unspecified atom stereocenters. The third kappa shape index (κ3) is 3.50. The summed E-state index contributed by atoms with van der Waals surface area (Å²) in [6.45, 7) is 1.92. The molecule has 0 saturated carbocycles. The van der Waals surface area contributed by atoms with Crippen molar-refractivity contribution >= 4 is 11.7 Å². The Balaban J connectivity index is 1.63. The van der Waals surface area contributed by atoms with E-state index in [4.69, 9.17) is 4.42 Å². The van der Waals surface area contributed by atoms with Crippen LogP contribution >= 0.6 is 0 Å². The minimum Gasteiger partial charge on any atom is -0.468 e. The number of hydrogen-bond donors (Lipinski definition) is 1. The number of halogens is 5. The van der Waals surface area contributed by atoms with Crippen molar-refractivity contribution in [1.82, 2.24) is 9.80 Å². The first-order chi connectivity index (χ1) is 12.4. The lowest BCUT2D eigenvalue weighted by Gasteiger charge is -2.34. The molecule has 0 radical (unpaired) electrons. The normalized spacial score (nSPS) is 15.3. The molecular formula is C16H14F5N3O2. The summed E-state index contributed by atoms with van der Waals surface area (Å²) >= 11 is 0. The Morgan fingerprint density at radius 3 is 2.08 bits per heavy atom. The number of nitrogens with zero attached hydrogens (tertiary/aromatic N) is 2. The zero-order valence-electron chi connectivity index (χ0n) is 13.4. The maximum absolute atomic E-state index is 13.6. The maximum Gasteiger partial charge on any atom is 0.322 e. The number of rotatable bonds is 3. The first-order valence-corrected chi connectivity index (χ1v) is 7.70. The third-order valence-electron chi connectivity index (χ3n) is 4.06. The van der Waals surface area contributed by atoms with Gasteiger partial charge in [-0.2, -0.15) is 0 Å². The minimum atomic E-state index is -2.27. The topological polar surface area (TPSA) is 48.7 Å². The number of hydrogen-bond acceptors (Lipinski definition) is 3. The van der Waals surface area contributed by atoms with E-state index in [2.05, 4.69) is 0 Å². The van der Waals surface area contributed by atoms with E-state index in [9.17, 15) is 26.7 Å². The predicted octanol–water partition coefficient (Wildman–Crippen LogP) is 3.32. The Kier molecular flexibility index (Phi) is 5.12. The van der Waals surface area contributed by atoms with Gasteiger partial charge in [-0.05, 0) is 12.1 Å². The molecule has 0 aliphatic carbocycles. The van der Waals surface area contributed by atoms with Crippen molar-refractivity contribution in [3.05, 3.63) is 53.2 Å². The van der Waals surface area contributed by atoms with Crippen molar-refractivity contribution in [1.29, 1.82) is 0 Å². The fourth-order valence-electron chi connectivity index (χ4n) is 2.63. The van der Waals surface area contributed by atoms with Crippen molar-refractivity contribution in [3.8, 4) is 0 Å². The molecule has 0 spiro atoms. The van der Waals surface area contributed by atoms with E-state index in [1.807, 2.05) is 11.0 Å². The molecule has 140 valence electrons. The molecule has 2 heterocycles. The Morgan fingerprint density at radius 2 is 1.54 bits per heavy atom. The molecule has 1 saturated heterocycles. The molecule has 26 heavy (non-hydrogen) atoms. The summed E-state index contributed by atoms with van der Waals surface area (Å²) in [5.74, 6) is -9.89. The largest absolute Gasteiger partial charge is 0.468 e. The fourth-order valence-corrected chi connectivity index (χ4v) is 2.63. The molecule has 2 aromatic rings. The quantitative estimate of drug-likeness (QED) is 0.509. The SMILES string of the molecule is O=C(Nc1c(F)c(F)c(F)c(F)c1F)N1CCN(Cc2ccco2)CC1. The molecule has 5 nitrogen and oxygen atoms in total. The molecule has 1 fully saturated rings. The maximum atomic E-state index is 13.6. The van der Waals surface area contributed by atoms with E-state index in [0.29, 0.717) is 19.6 Å². The number of carbonyl (C=O) groups is 1. The van der Waals surface area contributed by atoms with Crippen molar-refractivity contribution in [2.75, 3.05) is 31.5 Å². The van der Waals surface area contributed by atoms with Crippen LogP contribution < -0.4 is 5.32 Å². The van der Waals surface area contributed by atoms with Crippen LogP contribution in [0.3, 0.4) is 0 Å². The Morgan fingerprint density at radius 1 is 0.962 bits per heavy atom. The van der Waals surface area contributed by atoms with Gasteiger partial charge in [0, 0.05) is 26.2 Å². The van der Waals surface area contributed by atoms with Gasteiger partial charge in [0.1, 0.15) is 11.4 Å². The molecule has 1 aliphatic heterocycles. The standard InChI is InChI=1S/C16H14F5N3O2/c17-10-11(18)13(20)15(14(21)12(10)19)22-16(25)24-5-3-23(4-6-24)8-9-2-1-7-26-9/h1-2,7H,3-6,8H2,(H,22,25). The van der Waals surface area contributed by atoms with Gasteiger partial charge < -0.3 is 14.6 Å². The Labute approximate surface area is 145 Å². The third-order valence-corrected chi connectivity index (χ3v) is 4.06. The van der Waals surface area contributed by atoms with Gasteiger partial charge >= 0.3 is 6.03 Å². The van der Waals surface area contributed by atoms with Gasteiger partial charge in [-0.1, -0.05) is 0 Å². The number of piperazine rings is 1. The van der Waals surface area contributed by atoms with Crippen molar-refractivity contribution < 1.29 is 31.2 Å². The summed E-state index contributed by atoms with van der Waals surface area (Å²) in [7, 11) is 0. The van der Waals surface area contributed by atoms with Gasteiger partial charge in [0.15, 0.2) is 23.3 Å². The van der Waals surface area contributed by atoms with Crippen molar-refractivity contribution in [2.24, 2.45) is 0 Å². The Bertz CT molecular complexity index is 776. The van der Waals surface area contributed by atoms with E-state index in [-0.39, 0.29) is 13.1 Å². The van der Waals surface area contributed by atoms with Crippen molar-refractivity contribution in [2.45, 2.75) is 6.54 Å². The van der Waals surface area contributed by atoms with E-state index in [1.54, 1.807) is 17.6 Å². The number of nitrogens with one attached hydrogen (secondary N) is 1. The van der Waals surface area contributed by atoms with Gasteiger partial charge in [0.25, 0.3) is 0 Å². The molecule has 0 bridgehead atoms. The highest BCUT2D eigenvalue weighted by molar-refractivity contribution is 5.89. The number of urea groups is 1. The van der Waals surface area contributed by atoms with Crippen molar-refractivity contribution in [3.63, 3.8) is 0 Å². The number of anilines is 1. The smallest absolute Gasteiger partial charge is 0.322 e. The second kappa shape index (κ2) is 7.32. The lowest BCUT2D eigenvalue weighted by Crippen LogP contribution is -2.49. The van der Waals surface area contributed by atoms with Crippen LogP contribution in [0.15, 0.2) is 22.8 Å². The number of carbonyl (C=O) groups excluding carboxylic acids is 1. The average Bonchev–Trinajstić information content (AvgIpc) is 3.15. The second-order valence-corrected chi connectivity index (χ2v) is 5.72. The van der Waals surface area contributed by atoms with E-state index in [0.717, 1.165) is 5.76 Å². The number of amides is 2. The van der Waals surface area contributed by atoms with E-state index in [1.165, 1.54) is 4.90 Å². The average molecular weight is 375 g/mol. The summed E-state index contributed by atoms with van der Waals surface area (Å²) in [6.07, 6.45) is 1.54. The second-order valence-electron chi connectivity index (χ2n) is 5.72. The Hall–Kier alpha value is -2.62. The molecule has 2 amide bonds. The molecule has 3 rings (SSSR count). The summed E-state index contributed by atoms with van der Waals surface area (Å²) in [6, 6.07) is 2.62. The lowest BCUT2D eigenvalue weighted by molar-refractivity contribution is 0.137. The van der Waals surface area contributed by atoms with Gasteiger partial charge in [-0.25, -0.2) is 26.7 Å². The zero-order chi connectivity index (χ0) is 18.8. The van der Waals surface area contributed by atoms with E-state index < -0.39 is 40.8 Å². The van der Waals surface area contributed by atoms with Crippen LogP contribution in [0.5, 0.6) is 0 Å². The predicted molar refractivity (Wildman–Crippen MR) is 80.8 cm³/mol. The van der Waals surface area contributed by atoms with Crippen LogP contribution in [0.1, 0.15) is 5.76 Å². The first-order valence-electron chi connectivity index (χ1n) is 7.70. The van der Waals surface area contributed by atoms with Gasteiger partial charge in [0.2, 0.25) is 5.82 Å². The highest BCUT2D eigenvalue weighted by Crippen LogP contribution is 2.27. The summed E-state index contributed by atoms with van der Waals surface area (Å²) in [5.41, 5.74) is -1.36. The van der Waals surface area contributed by atoms with Crippen LogP contribution in [-0.2, 0) is 6.54 Å². The zero-order valence-corrected chi connectivity index (χ0v) is 13.4. The molecule has 10 heteroatoms. The highest BCUT2D eigenvalue weighted by Gasteiger charge is 2.29. The molecular weight excluding hydrogens is 361 g/mol. The van der Waals surface area contributed by atoms with Gasteiger partial charge in [-0.15, -0.1) is 0 Å². The summed E-state index contributed by atoms with van der Waals surface area (Å²) in [4.78, 5) is 15.3. The molecule has 1 aromatic heterocycles. The molecule has 1 N–H and O–H groups in total. The number of benzene rings is 1. The monoisotopic (exact) mass is 375 g/mol. The highest BCUT2D eigenvalue weighted by atomic mass is 19.2. The molecule has 1 aliphatic rings. The minimum absolute atomic E-state index is 0.224. The van der Waals surface area contributed by atoms with Gasteiger partial charge in [0.05, 0.1) is 12.8 Å². The summed E-state index contributed by atoms with van der Waals surface area (Å²) in [5, 5.41) is 1.77. The first kappa shape index (κ1) is 18.2. The van der Waals surface area contributed by atoms with E-state index >= 15 is 0 Å². The number of furan rings is 1. The molecule has 1 aromatic carbocycles. The van der Waals surface area contributed by atoms with Crippen LogP contribution in [0.25, 0.3) is 0 Å². The van der Waals surface area contributed by atoms with Gasteiger partial charge in [-0.3, -0.25) is 4.90 Å². The fraction of sp³-hybridized carbons (Fsp3) is 0.312. The van der Waals surface area contributed by atoms with Crippen LogP contribution in [-0.4, -0.2) is 42.0 Å². The lowest BCUT2D eigenvalue weighted by atomic mass is 10.2. The van der Waals surface area contributed by atoms with Crippen LogP contribution in [0.4, 0.5) is 32.4 Å².